The van der Waals surface area contributed by atoms with Crippen molar-refractivity contribution in [3.63, 3.8) is 0 Å². The Morgan fingerprint density at radius 2 is 2.00 bits per heavy atom. The highest BCUT2D eigenvalue weighted by Gasteiger charge is 2.05. The van der Waals surface area contributed by atoms with Crippen molar-refractivity contribution in [2.75, 3.05) is 13.2 Å². The number of aliphatic hydroxyl groups excluding tert-OH is 1. The van der Waals surface area contributed by atoms with Gasteiger partial charge >= 0.3 is 0 Å². The number of hydrogen-bond acceptors (Lipinski definition) is 3. The van der Waals surface area contributed by atoms with Crippen molar-refractivity contribution in [2.24, 2.45) is 0 Å². The van der Waals surface area contributed by atoms with E-state index in [0.717, 1.165) is 0 Å². The molecule has 1 N–H and O–H groups in total. The highest BCUT2D eigenvalue weighted by atomic mass is 16.7. The highest BCUT2D eigenvalue weighted by Crippen LogP contribution is 1.97. The lowest BCUT2D eigenvalue weighted by atomic mass is 10.4. The van der Waals surface area contributed by atoms with Crippen LogP contribution in [0.25, 0.3) is 0 Å². The van der Waals surface area contributed by atoms with Crippen LogP contribution in [0.5, 0.6) is 0 Å². The van der Waals surface area contributed by atoms with E-state index in [1.54, 1.807) is 6.92 Å². The van der Waals surface area contributed by atoms with E-state index in [0.29, 0.717) is 6.61 Å². The second-order valence-corrected chi connectivity index (χ2v) is 2.15. The first-order valence-electron chi connectivity index (χ1n) is 3.58. The Bertz CT molecular complexity index is 75.3. The van der Waals surface area contributed by atoms with Gasteiger partial charge in [0.05, 0.1) is 12.7 Å². The summed E-state index contributed by atoms with van der Waals surface area (Å²) in [5.74, 6) is 0. The van der Waals surface area contributed by atoms with Crippen LogP contribution < -0.4 is 0 Å². The zero-order valence-electron chi connectivity index (χ0n) is 6.83. The van der Waals surface area contributed by atoms with Gasteiger partial charge < -0.3 is 14.6 Å². The zero-order valence-corrected chi connectivity index (χ0v) is 6.83. The molecule has 10 heavy (non-hydrogen) atoms. The normalized spacial score (nSPS) is 16.8. The summed E-state index contributed by atoms with van der Waals surface area (Å²) in [6.07, 6.45) is -0.353. The molecule has 3 nitrogen and oxygen atoms in total. The third-order valence-electron chi connectivity index (χ3n) is 1.08. The molecule has 3 heteroatoms. The lowest BCUT2D eigenvalue weighted by molar-refractivity contribution is -0.160. The summed E-state index contributed by atoms with van der Waals surface area (Å²) in [6, 6.07) is 0. The lowest BCUT2D eigenvalue weighted by Gasteiger charge is -2.16. The molecule has 0 heterocycles. The van der Waals surface area contributed by atoms with Gasteiger partial charge in [0.25, 0.3) is 0 Å². The maximum atomic E-state index is 8.57. The molecule has 2 atom stereocenters. The summed E-state index contributed by atoms with van der Waals surface area (Å²) < 4.78 is 10.2. The Kier molecular flexibility index (Phi) is 5.58. The van der Waals surface area contributed by atoms with Gasteiger partial charge in [-0.05, 0) is 20.8 Å². The molecule has 1 unspecified atom stereocenters. The smallest absolute Gasteiger partial charge is 0.155 e. The molecule has 0 saturated heterocycles. The van der Waals surface area contributed by atoms with Gasteiger partial charge in [0.2, 0.25) is 0 Å². The molecule has 0 aromatic carbocycles. The van der Waals surface area contributed by atoms with Crippen molar-refractivity contribution in [1.82, 2.24) is 0 Å². The summed E-state index contributed by atoms with van der Waals surface area (Å²) in [5, 5.41) is 8.57. The molecule has 0 aliphatic rings. The van der Waals surface area contributed by atoms with Crippen LogP contribution in [-0.2, 0) is 9.47 Å². The Morgan fingerprint density at radius 3 is 2.40 bits per heavy atom. The molecule has 0 spiro atoms. The van der Waals surface area contributed by atoms with Crippen LogP contribution in [0.15, 0.2) is 0 Å². The Balaban J connectivity index is 3.27. The Labute approximate surface area is 62.0 Å². The fourth-order valence-electron chi connectivity index (χ4n) is 0.644. The van der Waals surface area contributed by atoms with Crippen molar-refractivity contribution >= 4 is 0 Å². The first-order valence-corrected chi connectivity index (χ1v) is 3.58. The van der Waals surface area contributed by atoms with Crippen LogP contribution in [0, 0.1) is 0 Å². The van der Waals surface area contributed by atoms with E-state index in [1.807, 2.05) is 13.8 Å². The standard InChI is InChI=1S/C7H16O3/c1-4-9-7(3)10-6(2)5-8/h6-8H,4-5H2,1-3H3/t6-,7?/m0/s1. The minimum Gasteiger partial charge on any atom is -0.394 e. The SMILES string of the molecule is CCOC(C)O[C@@H](C)CO. The topological polar surface area (TPSA) is 38.7 Å². The van der Waals surface area contributed by atoms with Crippen molar-refractivity contribution in [3.8, 4) is 0 Å². The lowest BCUT2D eigenvalue weighted by Crippen LogP contribution is -2.22. The van der Waals surface area contributed by atoms with Gasteiger partial charge in [-0.1, -0.05) is 0 Å². The summed E-state index contributed by atoms with van der Waals surface area (Å²) in [6.45, 7) is 6.20. The predicted octanol–water partition coefficient (Wildman–Crippen LogP) is 0.766. The summed E-state index contributed by atoms with van der Waals surface area (Å²) in [5.41, 5.74) is 0. The third-order valence-corrected chi connectivity index (χ3v) is 1.08. The van der Waals surface area contributed by atoms with Crippen LogP contribution in [-0.4, -0.2) is 30.7 Å². The van der Waals surface area contributed by atoms with E-state index in [4.69, 9.17) is 14.6 Å². The van der Waals surface area contributed by atoms with Crippen LogP contribution in [0.2, 0.25) is 0 Å². The maximum Gasteiger partial charge on any atom is 0.155 e. The largest absolute Gasteiger partial charge is 0.394 e. The van der Waals surface area contributed by atoms with Crippen LogP contribution in [0.4, 0.5) is 0 Å². The molecule has 0 aromatic heterocycles. The molecule has 0 fully saturated rings. The predicted molar refractivity (Wildman–Crippen MR) is 38.7 cm³/mol. The molecule has 0 saturated carbocycles. The first kappa shape index (κ1) is 9.88. The molecular formula is C7H16O3. The van der Waals surface area contributed by atoms with E-state index >= 15 is 0 Å². The molecule has 0 bridgehead atoms. The van der Waals surface area contributed by atoms with Crippen molar-refractivity contribution in [3.05, 3.63) is 0 Å². The molecule has 0 aliphatic carbocycles. The maximum absolute atomic E-state index is 8.57. The van der Waals surface area contributed by atoms with Gasteiger partial charge in [-0.25, -0.2) is 0 Å². The number of rotatable bonds is 5. The highest BCUT2D eigenvalue weighted by molar-refractivity contribution is 4.44. The van der Waals surface area contributed by atoms with Crippen LogP contribution in [0.1, 0.15) is 20.8 Å². The molecule has 0 aromatic rings. The van der Waals surface area contributed by atoms with E-state index in [-0.39, 0.29) is 19.0 Å². The molecule has 0 radical (unpaired) electrons. The first-order chi connectivity index (χ1) is 4.70. The van der Waals surface area contributed by atoms with Crippen molar-refractivity contribution in [1.29, 1.82) is 0 Å². The summed E-state index contributed by atoms with van der Waals surface area (Å²) >= 11 is 0. The average Bonchev–Trinajstić information content (AvgIpc) is 1.88. The quantitative estimate of drug-likeness (QED) is 0.585. The second kappa shape index (κ2) is 5.65. The van der Waals surface area contributed by atoms with Gasteiger partial charge in [-0.2, -0.15) is 0 Å². The zero-order chi connectivity index (χ0) is 7.98. The van der Waals surface area contributed by atoms with Gasteiger partial charge in [0, 0.05) is 6.61 Å². The molecular weight excluding hydrogens is 132 g/mol. The molecule has 0 aliphatic heterocycles. The number of ether oxygens (including phenoxy) is 2. The fraction of sp³-hybridized carbons (Fsp3) is 1.00. The molecule has 0 rings (SSSR count). The van der Waals surface area contributed by atoms with Gasteiger partial charge in [0.15, 0.2) is 6.29 Å². The van der Waals surface area contributed by atoms with Gasteiger partial charge in [0.1, 0.15) is 0 Å². The summed E-state index contributed by atoms with van der Waals surface area (Å²) in [4.78, 5) is 0. The third kappa shape index (κ3) is 4.73. The second-order valence-electron chi connectivity index (χ2n) is 2.15. The number of hydrogen-bond donors (Lipinski definition) is 1. The van der Waals surface area contributed by atoms with E-state index in [2.05, 4.69) is 0 Å². The van der Waals surface area contributed by atoms with E-state index in [9.17, 15) is 0 Å². The van der Waals surface area contributed by atoms with Gasteiger partial charge in [-0.15, -0.1) is 0 Å². The van der Waals surface area contributed by atoms with Crippen LogP contribution in [0.3, 0.4) is 0 Å². The number of aliphatic hydroxyl groups is 1. The average molecular weight is 148 g/mol. The Morgan fingerprint density at radius 1 is 1.40 bits per heavy atom. The fourth-order valence-corrected chi connectivity index (χ4v) is 0.644. The molecule has 0 amide bonds. The Hall–Kier alpha value is -0.120. The van der Waals surface area contributed by atoms with Crippen LogP contribution >= 0.6 is 0 Å². The minimum atomic E-state index is -0.216. The van der Waals surface area contributed by atoms with Gasteiger partial charge in [-0.3, -0.25) is 0 Å². The summed E-state index contributed by atoms with van der Waals surface area (Å²) in [7, 11) is 0. The van der Waals surface area contributed by atoms with Crippen molar-refractivity contribution < 1.29 is 14.6 Å². The monoisotopic (exact) mass is 148 g/mol. The molecule has 62 valence electrons. The van der Waals surface area contributed by atoms with E-state index < -0.39 is 0 Å². The van der Waals surface area contributed by atoms with Crippen molar-refractivity contribution in [2.45, 2.75) is 33.2 Å². The minimum absolute atomic E-state index is 0.0391. The van der Waals surface area contributed by atoms with E-state index in [1.165, 1.54) is 0 Å².